The lowest BCUT2D eigenvalue weighted by Crippen LogP contribution is -2.34. The molecule has 8 heteroatoms. The van der Waals surface area contributed by atoms with Gasteiger partial charge in [0.2, 0.25) is 0 Å². The Morgan fingerprint density at radius 3 is 2.18 bits per heavy atom. The molecule has 2 aliphatic rings. The van der Waals surface area contributed by atoms with Crippen LogP contribution in [0.15, 0.2) is 66.7 Å². The molecule has 0 bridgehead atoms. The van der Waals surface area contributed by atoms with Crippen LogP contribution >= 0.6 is 0 Å². The zero-order chi connectivity index (χ0) is 26.9. The molecule has 2 fully saturated rings. The number of phenols is 1. The normalized spacial score (nSPS) is 22.8. The number of carbonyl (C=O) groups excluding carboxylic acids is 2. The highest BCUT2D eigenvalue weighted by Gasteiger charge is 2.48. The van der Waals surface area contributed by atoms with Crippen molar-refractivity contribution >= 4 is 11.6 Å². The zero-order valence-electron chi connectivity index (χ0n) is 20.8. The maximum Gasteiger partial charge on any atom is 0.200 e. The van der Waals surface area contributed by atoms with Crippen molar-refractivity contribution in [1.29, 1.82) is 0 Å². The quantitative estimate of drug-likeness (QED) is 0.405. The van der Waals surface area contributed by atoms with E-state index in [2.05, 4.69) is 4.90 Å². The Morgan fingerprint density at radius 2 is 1.53 bits per heavy atom. The predicted octanol–water partition coefficient (Wildman–Crippen LogP) is 4.43. The fourth-order valence-electron chi connectivity index (χ4n) is 5.80. The van der Waals surface area contributed by atoms with Crippen LogP contribution in [0.2, 0.25) is 0 Å². The van der Waals surface area contributed by atoms with Gasteiger partial charge in [-0.2, -0.15) is 0 Å². The lowest BCUT2D eigenvalue weighted by Gasteiger charge is -2.26. The maximum atomic E-state index is 14.6. The molecular weight excluding hydrogens is 492 g/mol. The van der Waals surface area contributed by atoms with Gasteiger partial charge in [0, 0.05) is 30.6 Å². The number of nitrogens with zero attached hydrogens (tertiary/aromatic N) is 1. The summed E-state index contributed by atoms with van der Waals surface area (Å²) in [5.74, 6) is -2.63. The van der Waals surface area contributed by atoms with Crippen molar-refractivity contribution < 1.29 is 33.3 Å². The van der Waals surface area contributed by atoms with Gasteiger partial charge in [-0.3, -0.25) is 14.5 Å². The number of Topliss-reactive ketones (excluding diaryl/α,β-unsaturated/α-hetero) is 2. The molecule has 3 aromatic carbocycles. The average molecular weight is 522 g/mol. The Balaban J connectivity index is 1.12. The fourth-order valence-corrected chi connectivity index (χ4v) is 5.80. The van der Waals surface area contributed by atoms with Crippen molar-refractivity contribution in [2.24, 2.45) is 11.8 Å². The number of carbonyl (C=O) groups is 2. The van der Waals surface area contributed by atoms with Crippen LogP contribution in [0.1, 0.15) is 39.1 Å². The first-order chi connectivity index (χ1) is 18.2. The number of ether oxygens (including phenoxy) is 1. The third kappa shape index (κ3) is 5.76. The van der Waals surface area contributed by atoms with E-state index >= 15 is 0 Å². The first kappa shape index (κ1) is 26.0. The van der Waals surface area contributed by atoms with E-state index in [1.807, 2.05) is 30.3 Å². The minimum atomic E-state index is -0.936. The number of aromatic hydroxyl groups is 1. The molecular formula is C30H29F2NO5. The first-order valence-corrected chi connectivity index (χ1v) is 12.6. The Hall–Kier alpha value is -3.62. The molecule has 1 unspecified atom stereocenters. The van der Waals surface area contributed by atoms with Crippen LogP contribution in [-0.2, 0) is 6.42 Å². The molecule has 3 atom stereocenters. The van der Waals surface area contributed by atoms with Gasteiger partial charge in [0.25, 0.3) is 0 Å². The van der Waals surface area contributed by atoms with Gasteiger partial charge in [-0.15, -0.1) is 0 Å². The van der Waals surface area contributed by atoms with Crippen LogP contribution in [0.4, 0.5) is 8.78 Å². The van der Waals surface area contributed by atoms with Gasteiger partial charge >= 0.3 is 0 Å². The number of aliphatic hydroxyl groups is 1. The third-order valence-corrected chi connectivity index (χ3v) is 7.56. The van der Waals surface area contributed by atoms with Crippen LogP contribution in [0.25, 0.3) is 0 Å². The highest BCUT2D eigenvalue weighted by Crippen LogP contribution is 2.45. The first-order valence-electron chi connectivity index (χ1n) is 12.6. The lowest BCUT2D eigenvalue weighted by molar-refractivity contribution is 0.0355. The van der Waals surface area contributed by atoms with Crippen LogP contribution < -0.4 is 4.74 Å². The number of benzene rings is 3. The van der Waals surface area contributed by atoms with Gasteiger partial charge in [0.15, 0.2) is 41.3 Å². The Labute approximate surface area is 219 Å². The Bertz CT molecular complexity index is 1330. The summed E-state index contributed by atoms with van der Waals surface area (Å²) in [6, 6.07) is 17.0. The molecule has 1 saturated heterocycles. The molecule has 6 nitrogen and oxygen atoms in total. The molecule has 1 aliphatic carbocycles. The molecule has 1 saturated carbocycles. The number of hydrogen-bond donors (Lipinski definition) is 2. The van der Waals surface area contributed by atoms with E-state index in [-0.39, 0.29) is 29.2 Å². The maximum absolute atomic E-state index is 14.6. The van der Waals surface area contributed by atoms with E-state index in [9.17, 15) is 28.6 Å². The Kier molecular flexibility index (Phi) is 7.27. The van der Waals surface area contributed by atoms with Crippen molar-refractivity contribution in [3.8, 4) is 11.5 Å². The van der Waals surface area contributed by atoms with Crippen molar-refractivity contribution in [3.63, 3.8) is 0 Å². The van der Waals surface area contributed by atoms with E-state index in [1.165, 1.54) is 18.2 Å². The highest BCUT2D eigenvalue weighted by atomic mass is 19.1. The second-order valence-corrected chi connectivity index (χ2v) is 10.5. The average Bonchev–Trinajstić information content (AvgIpc) is 3.38. The molecule has 3 aromatic rings. The van der Waals surface area contributed by atoms with Crippen molar-refractivity contribution in [2.45, 2.75) is 24.9 Å². The Morgan fingerprint density at radius 1 is 0.895 bits per heavy atom. The number of rotatable bonds is 9. The SMILES string of the molecule is O=C(COc1ccc(C(=O)CN2C[C@@H]3CC(O)(Cc4ccccc4)C[C@@H]3C2)cc1F)c1ccc(O)c(F)c1. The molecule has 1 aliphatic heterocycles. The summed E-state index contributed by atoms with van der Waals surface area (Å²) in [4.78, 5) is 27.1. The second kappa shape index (κ2) is 10.6. The van der Waals surface area contributed by atoms with Crippen LogP contribution in [0, 0.1) is 23.5 Å². The minimum absolute atomic E-state index is 0.0126. The number of hydrogen-bond acceptors (Lipinski definition) is 6. The topological polar surface area (TPSA) is 87.1 Å². The van der Waals surface area contributed by atoms with E-state index in [0.29, 0.717) is 31.1 Å². The second-order valence-electron chi connectivity index (χ2n) is 10.5. The molecule has 0 radical (unpaired) electrons. The molecule has 198 valence electrons. The summed E-state index contributed by atoms with van der Waals surface area (Å²) in [5.41, 5.74) is 0.597. The number of phenolic OH excluding ortho intramolecular Hbond substituents is 1. The van der Waals surface area contributed by atoms with Gasteiger partial charge in [-0.1, -0.05) is 30.3 Å². The summed E-state index contributed by atoms with van der Waals surface area (Å²) in [6.45, 7) is 1.07. The predicted molar refractivity (Wildman–Crippen MR) is 136 cm³/mol. The number of fused-ring (bicyclic) bond motifs is 1. The largest absolute Gasteiger partial charge is 0.505 e. The molecule has 38 heavy (non-hydrogen) atoms. The molecule has 0 aromatic heterocycles. The van der Waals surface area contributed by atoms with Gasteiger partial charge in [0.05, 0.1) is 12.1 Å². The molecule has 5 rings (SSSR count). The van der Waals surface area contributed by atoms with E-state index in [0.717, 1.165) is 36.9 Å². The highest BCUT2D eigenvalue weighted by molar-refractivity contribution is 5.98. The summed E-state index contributed by atoms with van der Waals surface area (Å²) in [7, 11) is 0. The number of likely N-dealkylation sites (tertiary alicyclic amines) is 1. The van der Waals surface area contributed by atoms with E-state index < -0.39 is 35.4 Å². The number of halogens is 2. The van der Waals surface area contributed by atoms with Crippen LogP contribution in [0.3, 0.4) is 0 Å². The lowest BCUT2D eigenvalue weighted by atomic mass is 9.91. The van der Waals surface area contributed by atoms with Crippen molar-refractivity contribution in [3.05, 3.63) is 95.1 Å². The molecule has 1 heterocycles. The fraction of sp³-hybridized carbons (Fsp3) is 0.333. The smallest absolute Gasteiger partial charge is 0.200 e. The molecule has 0 spiro atoms. The van der Waals surface area contributed by atoms with Gasteiger partial charge in [-0.25, -0.2) is 8.78 Å². The molecule has 2 N–H and O–H groups in total. The van der Waals surface area contributed by atoms with Gasteiger partial charge < -0.3 is 14.9 Å². The standard InChI is InChI=1S/C30H29F2NO5/c31-24-10-21(6-8-26(24)34)28(36)18-38-29-9-7-20(11-25(29)32)27(35)17-33-15-22-13-30(37,14-23(22)16-33)12-19-4-2-1-3-5-19/h1-11,22-23,34,37H,12-18H2/t22-,23+,30?. The van der Waals surface area contributed by atoms with Gasteiger partial charge in [0.1, 0.15) is 0 Å². The summed E-state index contributed by atoms with van der Waals surface area (Å²) >= 11 is 0. The van der Waals surface area contributed by atoms with Gasteiger partial charge in [-0.05, 0) is 66.6 Å². The van der Waals surface area contributed by atoms with Crippen molar-refractivity contribution in [2.75, 3.05) is 26.2 Å². The van der Waals surface area contributed by atoms with Crippen LogP contribution in [0.5, 0.6) is 11.5 Å². The van der Waals surface area contributed by atoms with E-state index in [1.54, 1.807) is 0 Å². The zero-order valence-corrected chi connectivity index (χ0v) is 20.8. The monoisotopic (exact) mass is 521 g/mol. The summed E-state index contributed by atoms with van der Waals surface area (Å²) in [5, 5.41) is 20.4. The summed E-state index contributed by atoms with van der Waals surface area (Å²) < 4.78 is 33.3. The van der Waals surface area contributed by atoms with Crippen LogP contribution in [-0.4, -0.2) is 58.5 Å². The molecule has 0 amide bonds. The number of ketones is 2. The third-order valence-electron chi connectivity index (χ3n) is 7.56. The van der Waals surface area contributed by atoms with Crippen molar-refractivity contribution in [1.82, 2.24) is 4.90 Å². The summed E-state index contributed by atoms with van der Waals surface area (Å²) in [6.07, 6.45) is 2.03. The minimum Gasteiger partial charge on any atom is -0.505 e. The van der Waals surface area contributed by atoms with E-state index in [4.69, 9.17) is 4.74 Å².